The lowest BCUT2D eigenvalue weighted by molar-refractivity contribution is -0.122. The molecule has 1 atom stereocenters. The molecule has 3 nitrogen and oxygen atoms in total. The van der Waals surface area contributed by atoms with Gasteiger partial charge in [0.2, 0.25) is 5.91 Å². The van der Waals surface area contributed by atoms with Crippen LogP contribution in [0.2, 0.25) is 0 Å². The highest BCUT2D eigenvalue weighted by atomic mass is 16.1. The van der Waals surface area contributed by atoms with Crippen LogP contribution in [-0.4, -0.2) is 23.9 Å². The van der Waals surface area contributed by atoms with E-state index in [0.29, 0.717) is 0 Å². The fourth-order valence-corrected chi connectivity index (χ4v) is 4.09. The molecule has 2 aliphatic carbocycles. The van der Waals surface area contributed by atoms with Crippen LogP contribution in [0.1, 0.15) is 55.2 Å². The van der Waals surface area contributed by atoms with Gasteiger partial charge >= 0.3 is 0 Å². The van der Waals surface area contributed by atoms with Gasteiger partial charge in [0.15, 0.2) is 0 Å². The highest BCUT2D eigenvalue weighted by molar-refractivity contribution is 5.77. The second-order valence-corrected chi connectivity index (χ2v) is 7.15. The van der Waals surface area contributed by atoms with Crippen LogP contribution in [-0.2, 0) is 24.2 Å². The normalized spacial score (nSPS) is 22.5. The smallest absolute Gasteiger partial charge is 0.220 e. The monoisotopic (exact) mass is 300 g/mol. The molecule has 3 rings (SSSR count). The summed E-state index contributed by atoms with van der Waals surface area (Å²) < 4.78 is 0. The quantitative estimate of drug-likeness (QED) is 0.929. The molecule has 3 heteroatoms. The largest absolute Gasteiger partial charge is 0.369 e. The fourth-order valence-electron chi connectivity index (χ4n) is 4.09. The first kappa shape index (κ1) is 15.5. The second kappa shape index (κ2) is 6.82. The lowest BCUT2D eigenvalue weighted by atomic mass is 9.83. The highest BCUT2D eigenvalue weighted by Crippen LogP contribution is 2.28. The van der Waals surface area contributed by atoms with Crippen molar-refractivity contribution in [1.29, 1.82) is 0 Å². The zero-order valence-corrected chi connectivity index (χ0v) is 13.7. The van der Waals surface area contributed by atoms with Crippen molar-refractivity contribution in [2.75, 3.05) is 7.05 Å². The van der Waals surface area contributed by atoms with Gasteiger partial charge in [0.25, 0.3) is 0 Å². The number of carbonyl (C=O) groups is 1. The maximum Gasteiger partial charge on any atom is 0.220 e. The molecular formula is C19H28N2O. The molecule has 1 aromatic carbocycles. The topological polar surface area (TPSA) is 46.3 Å². The third-order valence-corrected chi connectivity index (χ3v) is 5.53. The van der Waals surface area contributed by atoms with Gasteiger partial charge in [-0.3, -0.25) is 9.69 Å². The van der Waals surface area contributed by atoms with E-state index in [0.717, 1.165) is 31.8 Å². The first-order valence-corrected chi connectivity index (χ1v) is 8.73. The Balaban J connectivity index is 1.65. The van der Waals surface area contributed by atoms with E-state index in [1.165, 1.54) is 48.8 Å². The van der Waals surface area contributed by atoms with Gasteiger partial charge in [-0.25, -0.2) is 0 Å². The molecule has 1 unspecified atom stereocenters. The van der Waals surface area contributed by atoms with Gasteiger partial charge in [0.1, 0.15) is 0 Å². The number of primary amides is 1. The molecule has 0 aliphatic heterocycles. The number of hydrogen-bond donors (Lipinski definition) is 1. The molecule has 0 radical (unpaired) electrons. The molecule has 0 aromatic heterocycles. The van der Waals surface area contributed by atoms with Crippen molar-refractivity contribution in [3.8, 4) is 0 Å². The Hall–Kier alpha value is -1.35. The summed E-state index contributed by atoms with van der Waals surface area (Å²) in [6.45, 7) is 1.04. The van der Waals surface area contributed by atoms with Crippen molar-refractivity contribution in [1.82, 2.24) is 4.90 Å². The van der Waals surface area contributed by atoms with Crippen molar-refractivity contribution in [3.05, 3.63) is 34.9 Å². The lowest BCUT2D eigenvalue weighted by Crippen LogP contribution is -2.33. The molecule has 120 valence electrons. The Morgan fingerprint density at radius 3 is 2.68 bits per heavy atom. The number of aryl methyl sites for hydroxylation is 1. The van der Waals surface area contributed by atoms with E-state index in [-0.39, 0.29) is 11.8 Å². The van der Waals surface area contributed by atoms with E-state index in [4.69, 9.17) is 5.73 Å². The zero-order chi connectivity index (χ0) is 15.5. The molecule has 0 saturated heterocycles. The average Bonchev–Trinajstić information content (AvgIpc) is 2.55. The van der Waals surface area contributed by atoms with E-state index in [1.807, 2.05) is 0 Å². The van der Waals surface area contributed by atoms with Gasteiger partial charge in [-0.2, -0.15) is 0 Å². The Morgan fingerprint density at radius 1 is 1.18 bits per heavy atom. The summed E-state index contributed by atoms with van der Waals surface area (Å²) in [5, 5.41) is 0. The number of nitrogens with zero attached hydrogens (tertiary/aromatic N) is 1. The summed E-state index contributed by atoms with van der Waals surface area (Å²) in [5.74, 6) is -0.116. The van der Waals surface area contributed by atoms with Gasteiger partial charge in [-0.15, -0.1) is 0 Å². The molecular weight excluding hydrogens is 272 g/mol. The van der Waals surface area contributed by atoms with E-state index < -0.39 is 0 Å². The molecule has 1 amide bonds. The second-order valence-electron chi connectivity index (χ2n) is 7.15. The minimum Gasteiger partial charge on any atom is -0.369 e. The van der Waals surface area contributed by atoms with Gasteiger partial charge < -0.3 is 5.73 Å². The van der Waals surface area contributed by atoms with E-state index in [1.54, 1.807) is 0 Å². The molecule has 1 fully saturated rings. The van der Waals surface area contributed by atoms with Crippen LogP contribution in [0.4, 0.5) is 0 Å². The average molecular weight is 300 g/mol. The third kappa shape index (κ3) is 3.52. The van der Waals surface area contributed by atoms with Crippen molar-refractivity contribution < 1.29 is 4.79 Å². The summed E-state index contributed by atoms with van der Waals surface area (Å²) in [7, 11) is 2.26. The number of carbonyl (C=O) groups excluding carboxylic acids is 1. The van der Waals surface area contributed by atoms with E-state index in [9.17, 15) is 4.79 Å². The van der Waals surface area contributed by atoms with Crippen molar-refractivity contribution in [2.24, 2.45) is 11.7 Å². The minimum absolute atomic E-state index is 0.0308. The summed E-state index contributed by atoms with van der Waals surface area (Å²) in [6.07, 6.45) is 9.59. The molecule has 1 aromatic rings. The maximum absolute atomic E-state index is 11.4. The summed E-state index contributed by atoms with van der Waals surface area (Å²) >= 11 is 0. The van der Waals surface area contributed by atoms with Gasteiger partial charge in [-0.1, -0.05) is 37.5 Å². The molecule has 1 saturated carbocycles. The number of rotatable bonds is 4. The predicted octanol–water partition coefficient (Wildman–Crippen LogP) is 3.04. The molecule has 22 heavy (non-hydrogen) atoms. The van der Waals surface area contributed by atoms with Crippen LogP contribution in [0.3, 0.4) is 0 Å². The zero-order valence-electron chi connectivity index (χ0n) is 13.7. The standard InChI is InChI=1S/C19H28N2O/c1-21(18-5-3-2-4-6-18)13-14-7-8-16-12-17(19(20)22)10-9-15(16)11-14/h7-8,11,17-18H,2-6,9-10,12-13H2,1H3,(H2,20,22). The maximum atomic E-state index is 11.4. The van der Waals surface area contributed by atoms with Gasteiger partial charge in [0.05, 0.1) is 0 Å². The molecule has 0 spiro atoms. The highest BCUT2D eigenvalue weighted by Gasteiger charge is 2.23. The number of fused-ring (bicyclic) bond motifs is 1. The van der Waals surface area contributed by atoms with Gasteiger partial charge in [-0.05, 0) is 55.8 Å². The van der Waals surface area contributed by atoms with Crippen LogP contribution in [0.25, 0.3) is 0 Å². The summed E-state index contributed by atoms with van der Waals surface area (Å²) in [5.41, 5.74) is 9.61. The van der Waals surface area contributed by atoms with Crippen LogP contribution in [0.5, 0.6) is 0 Å². The van der Waals surface area contributed by atoms with Crippen molar-refractivity contribution >= 4 is 5.91 Å². The Morgan fingerprint density at radius 2 is 1.95 bits per heavy atom. The molecule has 0 heterocycles. The van der Waals surface area contributed by atoms with Crippen molar-refractivity contribution in [2.45, 2.75) is 64.0 Å². The van der Waals surface area contributed by atoms with Crippen LogP contribution in [0, 0.1) is 5.92 Å². The summed E-state index contributed by atoms with van der Waals surface area (Å²) in [6, 6.07) is 7.56. The first-order valence-electron chi connectivity index (χ1n) is 8.73. The number of benzene rings is 1. The van der Waals surface area contributed by atoms with Crippen LogP contribution >= 0.6 is 0 Å². The lowest BCUT2D eigenvalue weighted by Gasteiger charge is -2.31. The van der Waals surface area contributed by atoms with Gasteiger partial charge in [0, 0.05) is 18.5 Å². The first-order chi connectivity index (χ1) is 10.6. The fraction of sp³-hybridized carbons (Fsp3) is 0.632. The number of amides is 1. The Kier molecular flexibility index (Phi) is 4.82. The molecule has 0 bridgehead atoms. The minimum atomic E-state index is -0.147. The molecule has 2 N–H and O–H groups in total. The number of hydrogen-bond acceptors (Lipinski definition) is 2. The number of nitrogens with two attached hydrogens (primary N) is 1. The van der Waals surface area contributed by atoms with Crippen LogP contribution in [0.15, 0.2) is 18.2 Å². The molecule has 2 aliphatic rings. The Bertz CT molecular complexity index is 534. The van der Waals surface area contributed by atoms with Crippen molar-refractivity contribution in [3.63, 3.8) is 0 Å². The summed E-state index contributed by atoms with van der Waals surface area (Å²) in [4.78, 5) is 13.9. The SMILES string of the molecule is CN(Cc1ccc2c(c1)CCC(C(N)=O)C2)C1CCCCC1. The van der Waals surface area contributed by atoms with E-state index >= 15 is 0 Å². The Labute approximate surface area is 133 Å². The third-order valence-electron chi connectivity index (χ3n) is 5.53. The van der Waals surface area contributed by atoms with Crippen LogP contribution < -0.4 is 5.73 Å². The predicted molar refractivity (Wildman–Crippen MR) is 89.5 cm³/mol. The van der Waals surface area contributed by atoms with E-state index in [2.05, 4.69) is 30.1 Å².